The van der Waals surface area contributed by atoms with E-state index in [1.807, 2.05) is 0 Å². The van der Waals surface area contributed by atoms with Crippen LogP contribution in [-0.4, -0.2) is 36.5 Å². The molecule has 8 heteroatoms. The molecule has 0 saturated carbocycles. The van der Waals surface area contributed by atoms with Crippen LogP contribution in [0.3, 0.4) is 0 Å². The maximum Gasteiger partial charge on any atom is 0.427 e. The highest BCUT2D eigenvalue weighted by atomic mass is 32.1. The zero-order chi connectivity index (χ0) is 12.2. The van der Waals surface area contributed by atoms with Crippen molar-refractivity contribution in [2.45, 2.75) is 12.3 Å². The number of alkyl halides is 3. The lowest BCUT2D eigenvalue weighted by molar-refractivity contribution is -0.134. The lowest BCUT2D eigenvalue weighted by Crippen LogP contribution is -2.23. The maximum atomic E-state index is 12.2. The van der Waals surface area contributed by atoms with Gasteiger partial charge in [0.05, 0.1) is 18.9 Å². The number of aliphatic hydroxyl groups is 1. The van der Waals surface area contributed by atoms with Crippen molar-refractivity contribution in [3.8, 4) is 0 Å². The predicted octanol–water partition coefficient (Wildman–Crippen LogP) is 1.58. The van der Waals surface area contributed by atoms with Gasteiger partial charge in [-0.05, 0) is 0 Å². The number of hydrogen-bond acceptors (Lipinski definition) is 5. The fourth-order valence-electron chi connectivity index (χ4n) is 0.943. The van der Waals surface area contributed by atoms with Gasteiger partial charge < -0.3 is 15.2 Å². The second-order valence-corrected chi connectivity index (χ2v) is 4.05. The summed E-state index contributed by atoms with van der Waals surface area (Å²) in [5, 5.41) is 12.0. The van der Waals surface area contributed by atoms with Gasteiger partial charge in [0.15, 0.2) is 5.13 Å². The summed E-state index contributed by atoms with van der Waals surface area (Å²) < 4.78 is 41.2. The fourth-order valence-corrected chi connectivity index (χ4v) is 1.63. The topological polar surface area (TPSA) is 54.4 Å². The summed E-state index contributed by atoms with van der Waals surface area (Å²) >= 11 is 0.501. The number of anilines is 1. The summed E-state index contributed by atoms with van der Waals surface area (Å²) in [5.41, 5.74) is 0. The van der Waals surface area contributed by atoms with E-state index in [0.29, 0.717) is 11.3 Å². The third kappa shape index (κ3) is 3.95. The highest BCUT2D eigenvalue weighted by molar-refractivity contribution is 7.15. The average molecular weight is 256 g/mol. The molecule has 0 aromatic carbocycles. The third-order valence-electron chi connectivity index (χ3n) is 1.63. The molecule has 1 rings (SSSR count). The Morgan fingerprint density at radius 2 is 2.31 bits per heavy atom. The van der Waals surface area contributed by atoms with Crippen molar-refractivity contribution in [3.05, 3.63) is 11.1 Å². The Morgan fingerprint density at radius 3 is 2.81 bits per heavy atom. The van der Waals surface area contributed by atoms with Crippen LogP contribution in [0.1, 0.15) is 4.88 Å². The van der Waals surface area contributed by atoms with Crippen LogP contribution in [0, 0.1) is 0 Å². The molecule has 4 nitrogen and oxygen atoms in total. The summed E-state index contributed by atoms with van der Waals surface area (Å²) in [5.74, 6) is 0. The molecule has 0 spiro atoms. The molecule has 0 amide bonds. The molecule has 0 saturated heterocycles. The summed E-state index contributed by atoms with van der Waals surface area (Å²) in [7, 11) is 1.42. The van der Waals surface area contributed by atoms with Gasteiger partial charge in [-0.25, -0.2) is 4.98 Å². The molecular weight excluding hydrogens is 245 g/mol. The maximum absolute atomic E-state index is 12.2. The Hall–Kier alpha value is -0.860. The zero-order valence-corrected chi connectivity index (χ0v) is 9.23. The highest BCUT2D eigenvalue weighted by Crippen LogP contribution is 2.34. The van der Waals surface area contributed by atoms with Crippen molar-refractivity contribution >= 4 is 16.5 Å². The number of aromatic nitrogens is 1. The Kier molecular flexibility index (Phi) is 4.51. The summed E-state index contributed by atoms with van der Waals surface area (Å²) in [6.45, 7) is 0.211. The minimum absolute atomic E-state index is 0.0959. The molecule has 92 valence electrons. The van der Waals surface area contributed by atoms with E-state index in [2.05, 4.69) is 15.0 Å². The van der Waals surface area contributed by atoms with E-state index in [0.717, 1.165) is 6.20 Å². The van der Waals surface area contributed by atoms with E-state index in [-0.39, 0.29) is 18.3 Å². The molecule has 2 N–H and O–H groups in total. The van der Waals surface area contributed by atoms with Gasteiger partial charge in [0, 0.05) is 13.7 Å². The molecule has 0 bridgehead atoms. The lowest BCUT2D eigenvalue weighted by Gasteiger charge is -2.09. The van der Waals surface area contributed by atoms with Crippen molar-refractivity contribution in [1.29, 1.82) is 0 Å². The number of hydrogen-bond donors (Lipinski definition) is 2. The Labute approximate surface area is 94.1 Å². The van der Waals surface area contributed by atoms with Gasteiger partial charge in [0.1, 0.15) is 4.88 Å². The van der Waals surface area contributed by atoms with Crippen molar-refractivity contribution in [3.63, 3.8) is 0 Å². The highest BCUT2D eigenvalue weighted by Gasteiger charge is 2.33. The Balaban J connectivity index is 2.47. The number of aliphatic hydroxyl groups excluding tert-OH is 1. The second kappa shape index (κ2) is 5.46. The van der Waals surface area contributed by atoms with Crippen LogP contribution in [0.5, 0.6) is 0 Å². The number of nitrogens with zero attached hydrogens (tertiary/aromatic N) is 1. The van der Waals surface area contributed by atoms with Crippen LogP contribution >= 0.6 is 11.3 Å². The largest absolute Gasteiger partial charge is 0.427 e. The number of thiazole rings is 1. The molecule has 16 heavy (non-hydrogen) atoms. The number of halogens is 3. The standard InChI is InChI=1S/C8H11F3N2O2S/c1-15-4-5(14)2-12-7-13-3-6(16-7)8(9,10)11/h3,5,14H,2,4H2,1H3,(H,12,13). The molecule has 0 radical (unpaired) electrons. The van der Waals surface area contributed by atoms with E-state index in [1.54, 1.807) is 0 Å². The van der Waals surface area contributed by atoms with Gasteiger partial charge in [0.25, 0.3) is 0 Å². The minimum atomic E-state index is -4.37. The predicted molar refractivity (Wildman–Crippen MR) is 53.5 cm³/mol. The first-order valence-corrected chi connectivity index (χ1v) is 5.19. The number of ether oxygens (including phenoxy) is 1. The van der Waals surface area contributed by atoms with Gasteiger partial charge >= 0.3 is 6.18 Å². The van der Waals surface area contributed by atoms with Crippen LogP contribution in [0.15, 0.2) is 6.20 Å². The quantitative estimate of drug-likeness (QED) is 0.840. The second-order valence-electron chi connectivity index (χ2n) is 3.02. The van der Waals surface area contributed by atoms with Crippen LogP contribution in [-0.2, 0) is 10.9 Å². The van der Waals surface area contributed by atoms with E-state index in [1.165, 1.54) is 7.11 Å². The number of nitrogens with one attached hydrogen (secondary N) is 1. The van der Waals surface area contributed by atoms with Crippen LogP contribution in [0.4, 0.5) is 18.3 Å². The monoisotopic (exact) mass is 256 g/mol. The Morgan fingerprint density at radius 1 is 1.62 bits per heavy atom. The zero-order valence-electron chi connectivity index (χ0n) is 8.41. The number of rotatable bonds is 5. The van der Waals surface area contributed by atoms with Crippen molar-refractivity contribution in [2.75, 3.05) is 25.6 Å². The molecule has 1 aromatic heterocycles. The normalized spacial score (nSPS) is 13.8. The molecular formula is C8H11F3N2O2S. The first-order chi connectivity index (χ1) is 7.43. The van der Waals surface area contributed by atoms with Crippen molar-refractivity contribution in [1.82, 2.24) is 4.98 Å². The van der Waals surface area contributed by atoms with E-state index < -0.39 is 17.2 Å². The SMILES string of the molecule is COCC(O)CNc1ncc(C(F)(F)F)s1. The molecule has 1 atom stereocenters. The van der Waals surface area contributed by atoms with Crippen LogP contribution in [0.2, 0.25) is 0 Å². The Bertz CT molecular complexity index is 329. The van der Waals surface area contributed by atoms with Crippen LogP contribution in [0.25, 0.3) is 0 Å². The van der Waals surface area contributed by atoms with E-state index in [4.69, 9.17) is 0 Å². The average Bonchev–Trinajstić information content (AvgIpc) is 2.63. The first-order valence-electron chi connectivity index (χ1n) is 4.37. The van der Waals surface area contributed by atoms with E-state index in [9.17, 15) is 18.3 Å². The van der Waals surface area contributed by atoms with Gasteiger partial charge in [-0.1, -0.05) is 11.3 Å². The summed E-state index contributed by atoms with van der Waals surface area (Å²) in [6, 6.07) is 0. The summed E-state index contributed by atoms with van der Waals surface area (Å²) in [6.07, 6.45) is -4.39. The van der Waals surface area contributed by atoms with Gasteiger partial charge in [0.2, 0.25) is 0 Å². The molecule has 0 aliphatic rings. The molecule has 1 unspecified atom stereocenters. The smallest absolute Gasteiger partial charge is 0.389 e. The van der Waals surface area contributed by atoms with E-state index >= 15 is 0 Å². The molecule has 1 aromatic rings. The lowest BCUT2D eigenvalue weighted by atomic mass is 10.4. The first kappa shape index (κ1) is 13.2. The van der Waals surface area contributed by atoms with Gasteiger partial charge in [-0.3, -0.25) is 0 Å². The molecule has 0 aliphatic heterocycles. The molecule has 1 heterocycles. The summed E-state index contributed by atoms with van der Waals surface area (Å²) in [4.78, 5) is 2.78. The van der Waals surface area contributed by atoms with Crippen molar-refractivity contribution in [2.24, 2.45) is 0 Å². The fraction of sp³-hybridized carbons (Fsp3) is 0.625. The minimum Gasteiger partial charge on any atom is -0.389 e. The molecule has 0 fully saturated rings. The van der Waals surface area contributed by atoms with Crippen molar-refractivity contribution < 1.29 is 23.0 Å². The van der Waals surface area contributed by atoms with Gasteiger partial charge in [-0.15, -0.1) is 0 Å². The molecule has 0 aliphatic carbocycles. The van der Waals surface area contributed by atoms with Gasteiger partial charge in [-0.2, -0.15) is 13.2 Å². The third-order valence-corrected chi connectivity index (χ3v) is 2.63. The number of methoxy groups -OCH3 is 1. The van der Waals surface area contributed by atoms with Crippen LogP contribution < -0.4 is 5.32 Å².